The minimum absolute atomic E-state index is 0.0376. The van der Waals surface area contributed by atoms with Crippen molar-refractivity contribution in [1.29, 1.82) is 0 Å². The Kier molecular flexibility index (Phi) is 4.47. The van der Waals surface area contributed by atoms with E-state index in [9.17, 15) is 4.79 Å². The third kappa shape index (κ3) is 3.16. The zero-order chi connectivity index (χ0) is 15.6. The number of aliphatic hydroxyl groups excluding tert-OH is 1. The van der Waals surface area contributed by atoms with E-state index in [1.165, 1.54) is 0 Å². The van der Waals surface area contributed by atoms with Crippen molar-refractivity contribution in [2.75, 3.05) is 13.2 Å². The van der Waals surface area contributed by atoms with Crippen LogP contribution < -0.4 is 5.32 Å². The maximum Gasteiger partial charge on any atom is 0.253 e. The van der Waals surface area contributed by atoms with Gasteiger partial charge in [-0.3, -0.25) is 9.36 Å². The van der Waals surface area contributed by atoms with Crippen molar-refractivity contribution in [3.8, 4) is 5.82 Å². The van der Waals surface area contributed by atoms with Crippen LogP contribution in [0.3, 0.4) is 0 Å². The van der Waals surface area contributed by atoms with Crippen LogP contribution in [0.2, 0.25) is 0 Å². The topological polar surface area (TPSA) is 80.3 Å². The number of aliphatic hydroxyl groups is 1. The second kappa shape index (κ2) is 6.13. The standard InChI is InChI=1S/C15H21N3O3/c1-9(8-19)7-16-15(20)13-5-10(2)18(12(13)4)14-6-11(3)21-17-14/h5-6,9,19H,7-8H2,1-4H3,(H,16,20). The minimum atomic E-state index is -0.144. The van der Waals surface area contributed by atoms with Gasteiger partial charge in [-0.05, 0) is 32.8 Å². The summed E-state index contributed by atoms with van der Waals surface area (Å²) in [6.07, 6.45) is 0. The SMILES string of the molecule is Cc1cc(-n2c(C)cc(C(=O)NCC(C)CO)c2C)no1. The molecule has 21 heavy (non-hydrogen) atoms. The summed E-state index contributed by atoms with van der Waals surface area (Å²) in [4.78, 5) is 12.2. The number of rotatable bonds is 5. The predicted molar refractivity (Wildman–Crippen MR) is 78.6 cm³/mol. The Labute approximate surface area is 123 Å². The average molecular weight is 291 g/mol. The lowest BCUT2D eigenvalue weighted by molar-refractivity contribution is 0.0941. The maximum absolute atomic E-state index is 12.2. The zero-order valence-corrected chi connectivity index (χ0v) is 12.8. The molecule has 2 rings (SSSR count). The summed E-state index contributed by atoms with van der Waals surface area (Å²) in [5.41, 5.74) is 2.34. The molecule has 2 heterocycles. The van der Waals surface area contributed by atoms with Crippen LogP contribution in [0.15, 0.2) is 16.7 Å². The Morgan fingerprint density at radius 3 is 2.71 bits per heavy atom. The molecule has 0 saturated carbocycles. The van der Waals surface area contributed by atoms with Gasteiger partial charge in [0, 0.05) is 30.6 Å². The largest absolute Gasteiger partial charge is 0.396 e. The minimum Gasteiger partial charge on any atom is -0.396 e. The van der Waals surface area contributed by atoms with Crippen molar-refractivity contribution in [3.63, 3.8) is 0 Å². The van der Waals surface area contributed by atoms with E-state index in [4.69, 9.17) is 9.63 Å². The van der Waals surface area contributed by atoms with Crippen molar-refractivity contribution >= 4 is 5.91 Å². The first kappa shape index (κ1) is 15.3. The van der Waals surface area contributed by atoms with Gasteiger partial charge >= 0.3 is 0 Å². The molecule has 114 valence electrons. The molecule has 1 atom stereocenters. The van der Waals surface area contributed by atoms with Crippen molar-refractivity contribution in [2.45, 2.75) is 27.7 Å². The third-order valence-corrected chi connectivity index (χ3v) is 3.44. The van der Waals surface area contributed by atoms with Crippen LogP contribution in [-0.2, 0) is 0 Å². The number of hydrogen-bond acceptors (Lipinski definition) is 4. The predicted octanol–water partition coefficient (Wildman–Crippen LogP) is 1.75. The quantitative estimate of drug-likeness (QED) is 0.879. The molecule has 0 spiro atoms. The highest BCUT2D eigenvalue weighted by molar-refractivity contribution is 5.95. The van der Waals surface area contributed by atoms with Gasteiger partial charge < -0.3 is 14.9 Å². The van der Waals surface area contributed by atoms with Crippen LogP contribution in [-0.4, -0.2) is 33.9 Å². The van der Waals surface area contributed by atoms with Gasteiger partial charge in [-0.25, -0.2) is 0 Å². The molecule has 6 heteroatoms. The van der Waals surface area contributed by atoms with Gasteiger partial charge in [0.1, 0.15) is 5.76 Å². The third-order valence-electron chi connectivity index (χ3n) is 3.44. The van der Waals surface area contributed by atoms with Crippen molar-refractivity contribution in [3.05, 3.63) is 34.8 Å². The van der Waals surface area contributed by atoms with E-state index in [2.05, 4.69) is 10.5 Å². The monoisotopic (exact) mass is 291 g/mol. The number of carbonyl (C=O) groups is 1. The Bertz CT molecular complexity index is 643. The molecule has 6 nitrogen and oxygen atoms in total. The summed E-state index contributed by atoms with van der Waals surface area (Å²) in [5, 5.41) is 15.8. The zero-order valence-electron chi connectivity index (χ0n) is 12.8. The van der Waals surface area contributed by atoms with Gasteiger partial charge in [-0.2, -0.15) is 0 Å². The highest BCUT2D eigenvalue weighted by Crippen LogP contribution is 2.20. The Morgan fingerprint density at radius 2 is 2.14 bits per heavy atom. The lowest BCUT2D eigenvalue weighted by Gasteiger charge is -2.10. The first-order chi connectivity index (χ1) is 9.93. The number of amides is 1. The summed E-state index contributed by atoms with van der Waals surface area (Å²) in [5.74, 6) is 1.29. The first-order valence-corrected chi connectivity index (χ1v) is 6.95. The summed E-state index contributed by atoms with van der Waals surface area (Å²) < 4.78 is 6.98. The van der Waals surface area contributed by atoms with Crippen molar-refractivity contribution in [1.82, 2.24) is 15.0 Å². The van der Waals surface area contributed by atoms with Crippen LogP contribution in [0, 0.1) is 26.7 Å². The van der Waals surface area contributed by atoms with E-state index in [0.29, 0.717) is 17.9 Å². The molecule has 0 radical (unpaired) electrons. The smallest absolute Gasteiger partial charge is 0.253 e. The Balaban J connectivity index is 2.25. The fourth-order valence-corrected chi connectivity index (χ4v) is 2.23. The van der Waals surface area contributed by atoms with Crippen molar-refractivity contribution < 1.29 is 14.4 Å². The molecule has 2 aromatic rings. The van der Waals surface area contributed by atoms with Crippen LogP contribution in [0.4, 0.5) is 0 Å². The van der Waals surface area contributed by atoms with Gasteiger partial charge in [0.15, 0.2) is 5.82 Å². The van der Waals surface area contributed by atoms with E-state index >= 15 is 0 Å². The average Bonchev–Trinajstić information content (AvgIpc) is 2.99. The summed E-state index contributed by atoms with van der Waals surface area (Å²) in [6.45, 7) is 8.00. The highest BCUT2D eigenvalue weighted by Gasteiger charge is 2.18. The van der Waals surface area contributed by atoms with Crippen LogP contribution in [0.5, 0.6) is 0 Å². The van der Waals surface area contributed by atoms with Gasteiger partial charge in [0.05, 0.1) is 5.56 Å². The Hall–Kier alpha value is -2.08. The molecular weight excluding hydrogens is 270 g/mol. The molecule has 0 aliphatic rings. The van der Waals surface area contributed by atoms with E-state index in [-0.39, 0.29) is 18.4 Å². The Morgan fingerprint density at radius 1 is 1.43 bits per heavy atom. The second-order valence-electron chi connectivity index (χ2n) is 5.41. The number of nitrogens with one attached hydrogen (secondary N) is 1. The summed E-state index contributed by atoms with van der Waals surface area (Å²) in [6, 6.07) is 3.66. The van der Waals surface area contributed by atoms with E-state index in [1.54, 1.807) is 0 Å². The first-order valence-electron chi connectivity index (χ1n) is 6.95. The normalized spacial score (nSPS) is 12.4. The highest BCUT2D eigenvalue weighted by atomic mass is 16.5. The van der Waals surface area contributed by atoms with E-state index in [0.717, 1.165) is 17.1 Å². The number of nitrogens with zero attached hydrogens (tertiary/aromatic N) is 2. The molecule has 0 saturated heterocycles. The van der Waals surface area contributed by atoms with Gasteiger partial charge in [0.2, 0.25) is 0 Å². The van der Waals surface area contributed by atoms with Crippen molar-refractivity contribution in [2.24, 2.45) is 5.92 Å². The number of hydrogen-bond donors (Lipinski definition) is 2. The summed E-state index contributed by atoms with van der Waals surface area (Å²) >= 11 is 0. The molecular formula is C15H21N3O3. The maximum atomic E-state index is 12.2. The molecule has 1 unspecified atom stereocenters. The van der Waals surface area contributed by atoms with E-state index in [1.807, 2.05) is 44.4 Å². The lowest BCUT2D eigenvalue weighted by atomic mass is 10.2. The summed E-state index contributed by atoms with van der Waals surface area (Å²) in [7, 11) is 0. The lowest BCUT2D eigenvalue weighted by Crippen LogP contribution is -2.29. The van der Waals surface area contributed by atoms with Gasteiger partial charge in [0.25, 0.3) is 5.91 Å². The molecule has 0 aromatic carbocycles. The van der Waals surface area contributed by atoms with Gasteiger partial charge in [-0.1, -0.05) is 12.1 Å². The van der Waals surface area contributed by atoms with Crippen LogP contribution in [0.1, 0.15) is 34.4 Å². The van der Waals surface area contributed by atoms with E-state index < -0.39 is 0 Å². The molecule has 0 bridgehead atoms. The second-order valence-corrected chi connectivity index (χ2v) is 5.41. The fraction of sp³-hybridized carbons (Fsp3) is 0.467. The number of aryl methyl sites for hydroxylation is 2. The van der Waals surface area contributed by atoms with Crippen LogP contribution in [0.25, 0.3) is 5.82 Å². The molecule has 0 aliphatic carbocycles. The molecule has 2 aromatic heterocycles. The number of carbonyl (C=O) groups excluding carboxylic acids is 1. The molecule has 2 N–H and O–H groups in total. The molecule has 0 fully saturated rings. The fourth-order valence-electron chi connectivity index (χ4n) is 2.23. The number of aromatic nitrogens is 2. The van der Waals surface area contributed by atoms with Gasteiger partial charge in [-0.15, -0.1) is 0 Å². The molecule has 1 amide bonds. The molecule has 0 aliphatic heterocycles. The van der Waals surface area contributed by atoms with Crippen LogP contribution >= 0.6 is 0 Å².